The van der Waals surface area contributed by atoms with E-state index in [9.17, 15) is 13.2 Å². The smallest absolute Gasteiger partial charge is 0.356 e. The summed E-state index contributed by atoms with van der Waals surface area (Å²) in [6.07, 6.45) is -5.02. The van der Waals surface area contributed by atoms with Gasteiger partial charge in [0.15, 0.2) is 5.96 Å². The zero-order valence-electron chi connectivity index (χ0n) is 12.1. The van der Waals surface area contributed by atoms with Gasteiger partial charge in [0.1, 0.15) is 0 Å². The molecule has 3 nitrogen and oxygen atoms in total. The molecule has 0 fully saturated rings. The van der Waals surface area contributed by atoms with E-state index in [-0.39, 0.29) is 36.4 Å². The van der Waals surface area contributed by atoms with Crippen LogP contribution in [0.1, 0.15) is 24.8 Å². The van der Waals surface area contributed by atoms with E-state index >= 15 is 0 Å². The van der Waals surface area contributed by atoms with E-state index in [0.29, 0.717) is 12.5 Å². The van der Waals surface area contributed by atoms with Crippen molar-refractivity contribution in [3.8, 4) is 0 Å². The summed E-state index contributed by atoms with van der Waals surface area (Å²) in [6, 6.07) is 9.91. The molecule has 0 heterocycles. The van der Waals surface area contributed by atoms with Gasteiger partial charge >= 0.3 is 6.18 Å². The molecule has 0 radical (unpaired) electrons. The summed E-state index contributed by atoms with van der Waals surface area (Å²) >= 11 is 0. The minimum absolute atomic E-state index is 0. The lowest BCUT2D eigenvalue weighted by atomic mass is 10.0. The SMILES string of the molecule is CN=C(NCCC(F)(F)F)NCC(C)c1ccccc1.I. The summed E-state index contributed by atoms with van der Waals surface area (Å²) in [5, 5.41) is 5.68. The minimum Gasteiger partial charge on any atom is -0.356 e. The standard InChI is InChI=1S/C14H20F3N3.HI/c1-11(12-6-4-3-5-7-12)10-20-13(18-2)19-9-8-14(15,16)17;/h3-7,11H,8-10H2,1-2H3,(H2,18,19,20);1H. The first-order valence-corrected chi connectivity index (χ1v) is 6.48. The lowest BCUT2D eigenvalue weighted by molar-refractivity contribution is -0.132. The highest BCUT2D eigenvalue weighted by Gasteiger charge is 2.26. The molecule has 120 valence electrons. The Balaban J connectivity index is 0.00000400. The van der Waals surface area contributed by atoms with Gasteiger partial charge in [-0.05, 0) is 11.5 Å². The van der Waals surface area contributed by atoms with Crippen LogP contribution in [0.4, 0.5) is 13.2 Å². The monoisotopic (exact) mass is 415 g/mol. The van der Waals surface area contributed by atoms with Crippen molar-refractivity contribution in [2.75, 3.05) is 20.1 Å². The lowest BCUT2D eigenvalue weighted by Crippen LogP contribution is -2.40. The molecule has 0 aliphatic rings. The summed E-state index contributed by atoms with van der Waals surface area (Å²) in [5.41, 5.74) is 1.17. The van der Waals surface area contributed by atoms with E-state index in [4.69, 9.17) is 0 Å². The second-order valence-corrected chi connectivity index (χ2v) is 4.56. The highest BCUT2D eigenvalue weighted by Crippen LogP contribution is 2.18. The van der Waals surface area contributed by atoms with Gasteiger partial charge in [0.05, 0.1) is 6.42 Å². The quantitative estimate of drug-likeness (QED) is 0.439. The van der Waals surface area contributed by atoms with Crippen LogP contribution in [0.15, 0.2) is 35.3 Å². The molecule has 1 atom stereocenters. The van der Waals surface area contributed by atoms with Gasteiger partial charge in [-0.25, -0.2) is 0 Å². The van der Waals surface area contributed by atoms with Gasteiger partial charge in [-0.15, -0.1) is 24.0 Å². The number of benzene rings is 1. The van der Waals surface area contributed by atoms with Crippen molar-refractivity contribution in [2.24, 2.45) is 4.99 Å². The maximum atomic E-state index is 12.0. The highest BCUT2D eigenvalue weighted by atomic mass is 127. The fraction of sp³-hybridized carbons (Fsp3) is 0.500. The molecule has 21 heavy (non-hydrogen) atoms. The fourth-order valence-corrected chi connectivity index (χ4v) is 1.69. The zero-order chi connectivity index (χ0) is 15.0. The maximum absolute atomic E-state index is 12.0. The van der Waals surface area contributed by atoms with Crippen molar-refractivity contribution in [3.63, 3.8) is 0 Å². The van der Waals surface area contributed by atoms with Gasteiger partial charge in [0.2, 0.25) is 0 Å². The molecule has 7 heteroatoms. The van der Waals surface area contributed by atoms with Crippen LogP contribution in [0, 0.1) is 0 Å². The third-order valence-electron chi connectivity index (χ3n) is 2.87. The molecule has 0 aliphatic heterocycles. The Morgan fingerprint density at radius 1 is 1.19 bits per heavy atom. The summed E-state index contributed by atoms with van der Waals surface area (Å²) in [7, 11) is 1.54. The molecule has 1 aromatic rings. The highest BCUT2D eigenvalue weighted by molar-refractivity contribution is 14.0. The number of hydrogen-bond donors (Lipinski definition) is 2. The van der Waals surface area contributed by atoms with E-state index in [1.165, 1.54) is 12.6 Å². The molecule has 0 spiro atoms. The first-order valence-electron chi connectivity index (χ1n) is 6.48. The Morgan fingerprint density at radius 2 is 1.81 bits per heavy atom. The number of guanidine groups is 1. The topological polar surface area (TPSA) is 36.4 Å². The van der Waals surface area contributed by atoms with Crippen LogP contribution in [0.5, 0.6) is 0 Å². The molecule has 0 amide bonds. The summed E-state index contributed by atoms with van der Waals surface area (Å²) in [5.74, 6) is 0.634. The number of halogens is 4. The number of nitrogens with zero attached hydrogens (tertiary/aromatic N) is 1. The first kappa shape index (κ1) is 20.0. The molecule has 0 saturated carbocycles. The number of alkyl halides is 3. The predicted octanol–water partition coefficient (Wildman–Crippen LogP) is 3.53. The lowest BCUT2D eigenvalue weighted by Gasteiger charge is -2.16. The summed E-state index contributed by atoms with van der Waals surface area (Å²) in [4.78, 5) is 3.90. The van der Waals surface area contributed by atoms with Gasteiger partial charge in [0.25, 0.3) is 0 Å². The average molecular weight is 415 g/mol. The number of aliphatic imine (C=N–C) groups is 1. The molecule has 0 bridgehead atoms. The second-order valence-electron chi connectivity index (χ2n) is 4.56. The van der Waals surface area contributed by atoms with E-state index in [2.05, 4.69) is 15.6 Å². The van der Waals surface area contributed by atoms with Gasteiger partial charge < -0.3 is 10.6 Å². The van der Waals surface area contributed by atoms with Gasteiger partial charge in [-0.2, -0.15) is 13.2 Å². The molecular weight excluding hydrogens is 394 g/mol. The van der Waals surface area contributed by atoms with Crippen molar-refractivity contribution >= 4 is 29.9 Å². The van der Waals surface area contributed by atoms with Crippen molar-refractivity contribution in [1.82, 2.24) is 10.6 Å². The van der Waals surface area contributed by atoms with Gasteiger partial charge in [-0.1, -0.05) is 37.3 Å². The van der Waals surface area contributed by atoms with E-state index in [1.54, 1.807) is 0 Å². The molecule has 0 aromatic heterocycles. The van der Waals surface area contributed by atoms with Crippen LogP contribution in [0.2, 0.25) is 0 Å². The molecule has 2 N–H and O–H groups in total. The molecule has 0 saturated heterocycles. The zero-order valence-corrected chi connectivity index (χ0v) is 14.4. The van der Waals surface area contributed by atoms with E-state index in [1.807, 2.05) is 37.3 Å². The van der Waals surface area contributed by atoms with Crippen LogP contribution in [0.3, 0.4) is 0 Å². The largest absolute Gasteiger partial charge is 0.390 e. The van der Waals surface area contributed by atoms with Crippen LogP contribution in [-0.4, -0.2) is 32.3 Å². The Morgan fingerprint density at radius 3 is 2.33 bits per heavy atom. The maximum Gasteiger partial charge on any atom is 0.390 e. The second kappa shape index (κ2) is 9.86. The minimum atomic E-state index is -4.15. The Hall–Kier alpha value is -0.990. The predicted molar refractivity (Wildman–Crippen MR) is 90.3 cm³/mol. The van der Waals surface area contributed by atoms with Crippen molar-refractivity contribution in [3.05, 3.63) is 35.9 Å². The Labute approximate surface area is 140 Å². The number of nitrogens with one attached hydrogen (secondary N) is 2. The molecular formula is C14H21F3IN3. The Bertz CT molecular complexity index is 421. The van der Waals surface area contributed by atoms with E-state index in [0.717, 1.165) is 0 Å². The van der Waals surface area contributed by atoms with E-state index < -0.39 is 12.6 Å². The average Bonchev–Trinajstić information content (AvgIpc) is 2.42. The Kier molecular flexibility index (Phi) is 9.39. The number of hydrogen-bond acceptors (Lipinski definition) is 1. The molecule has 0 aliphatic carbocycles. The molecule has 1 rings (SSSR count). The normalized spacial score (nSPS) is 13.3. The van der Waals surface area contributed by atoms with Crippen molar-refractivity contribution < 1.29 is 13.2 Å². The summed E-state index contributed by atoms with van der Waals surface area (Å²) < 4.78 is 36.1. The first-order chi connectivity index (χ1) is 9.42. The summed E-state index contributed by atoms with van der Waals surface area (Å²) in [6.45, 7) is 2.48. The van der Waals surface area contributed by atoms with Crippen LogP contribution < -0.4 is 10.6 Å². The van der Waals surface area contributed by atoms with Crippen molar-refractivity contribution in [1.29, 1.82) is 0 Å². The van der Waals surface area contributed by atoms with Gasteiger partial charge in [0, 0.05) is 20.1 Å². The molecule has 1 aromatic carbocycles. The van der Waals surface area contributed by atoms with Crippen LogP contribution in [0.25, 0.3) is 0 Å². The number of rotatable bonds is 5. The van der Waals surface area contributed by atoms with Crippen LogP contribution in [-0.2, 0) is 0 Å². The fourth-order valence-electron chi connectivity index (χ4n) is 1.69. The van der Waals surface area contributed by atoms with Crippen molar-refractivity contribution in [2.45, 2.75) is 25.4 Å². The molecule has 1 unspecified atom stereocenters. The van der Waals surface area contributed by atoms with Gasteiger partial charge in [-0.3, -0.25) is 4.99 Å². The third kappa shape index (κ3) is 8.79. The van der Waals surface area contributed by atoms with Crippen LogP contribution >= 0.6 is 24.0 Å². The third-order valence-corrected chi connectivity index (χ3v) is 2.87.